The molecule has 0 rings (SSSR count). The van der Waals surface area contributed by atoms with Gasteiger partial charge in [0.15, 0.2) is 0 Å². The molecule has 0 aromatic carbocycles. The van der Waals surface area contributed by atoms with Crippen LogP contribution in [0.5, 0.6) is 0 Å². The zero-order chi connectivity index (χ0) is 8.20. The summed E-state index contributed by atoms with van der Waals surface area (Å²) >= 11 is 0. The minimum atomic E-state index is -1.07. The Bertz CT molecular complexity index is 85.3. The molecule has 0 aliphatic rings. The van der Waals surface area contributed by atoms with E-state index in [1.54, 1.807) is 13.8 Å². The van der Waals surface area contributed by atoms with Crippen LogP contribution >= 0.6 is 0 Å². The first-order valence-electron chi connectivity index (χ1n) is 3.28. The van der Waals surface area contributed by atoms with Gasteiger partial charge in [-0.2, -0.15) is 0 Å². The highest BCUT2D eigenvalue weighted by Crippen LogP contribution is 2.10. The highest BCUT2D eigenvalue weighted by Gasteiger charge is 2.22. The predicted molar refractivity (Wildman–Crippen MR) is 38.5 cm³/mol. The van der Waals surface area contributed by atoms with E-state index in [0.29, 0.717) is 0 Å². The number of aliphatic hydroxyl groups is 2. The number of aliphatic hydroxyl groups excluding tert-OH is 1. The molecule has 0 aromatic rings. The SMILES string of the molecule is [CH2]C(C)(O)C(C)OCCO. The second kappa shape index (κ2) is 3.91. The van der Waals surface area contributed by atoms with Crippen LogP contribution < -0.4 is 0 Å². The van der Waals surface area contributed by atoms with Gasteiger partial charge in [-0.15, -0.1) is 0 Å². The van der Waals surface area contributed by atoms with Crippen molar-refractivity contribution in [3.8, 4) is 0 Å². The minimum Gasteiger partial charge on any atom is -0.394 e. The standard InChI is InChI=1S/C7H15O3/c1-6(7(2,3)9)10-5-4-8/h6,8-9H,2,4-5H2,1,3H3. The van der Waals surface area contributed by atoms with Gasteiger partial charge in [0, 0.05) is 0 Å². The van der Waals surface area contributed by atoms with Crippen molar-refractivity contribution < 1.29 is 14.9 Å². The van der Waals surface area contributed by atoms with E-state index >= 15 is 0 Å². The van der Waals surface area contributed by atoms with Crippen LogP contribution in [-0.2, 0) is 4.74 Å². The normalized spacial score (nSPS) is 15.3. The van der Waals surface area contributed by atoms with E-state index < -0.39 is 5.60 Å². The topological polar surface area (TPSA) is 49.7 Å². The van der Waals surface area contributed by atoms with E-state index in [0.717, 1.165) is 0 Å². The first-order chi connectivity index (χ1) is 4.48. The molecule has 0 aliphatic heterocycles. The zero-order valence-electron chi connectivity index (χ0n) is 6.50. The molecule has 61 valence electrons. The van der Waals surface area contributed by atoms with Gasteiger partial charge in [0.25, 0.3) is 0 Å². The summed E-state index contributed by atoms with van der Waals surface area (Å²) in [5, 5.41) is 17.5. The Morgan fingerprint density at radius 1 is 1.70 bits per heavy atom. The van der Waals surface area contributed by atoms with Crippen molar-refractivity contribution in [2.24, 2.45) is 0 Å². The quantitative estimate of drug-likeness (QED) is 0.587. The molecular weight excluding hydrogens is 132 g/mol. The number of rotatable bonds is 4. The van der Waals surface area contributed by atoms with Crippen LogP contribution in [0.4, 0.5) is 0 Å². The molecule has 0 aliphatic carbocycles. The highest BCUT2D eigenvalue weighted by molar-refractivity contribution is 4.81. The van der Waals surface area contributed by atoms with E-state index in [1.165, 1.54) is 0 Å². The molecule has 2 N–H and O–H groups in total. The van der Waals surface area contributed by atoms with Gasteiger partial charge < -0.3 is 14.9 Å². The lowest BCUT2D eigenvalue weighted by molar-refractivity contribution is -0.0705. The van der Waals surface area contributed by atoms with Crippen LogP contribution in [0.25, 0.3) is 0 Å². The maximum Gasteiger partial charge on any atom is 0.0878 e. The average Bonchev–Trinajstić information content (AvgIpc) is 1.80. The van der Waals surface area contributed by atoms with Gasteiger partial charge in [-0.05, 0) is 20.8 Å². The smallest absolute Gasteiger partial charge is 0.0878 e. The Morgan fingerprint density at radius 2 is 2.20 bits per heavy atom. The molecule has 0 amide bonds. The first kappa shape index (κ1) is 9.88. The van der Waals surface area contributed by atoms with Crippen molar-refractivity contribution >= 4 is 0 Å². The molecule has 0 saturated heterocycles. The maximum atomic E-state index is 9.20. The van der Waals surface area contributed by atoms with E-state index in [2.05, 4.69) is 6.92 Å². The zero-order valence-corrected chi connectivity index (χ0v) is 6.50. The van der Waals surface area contributed by atoms with E-state index in [-0.39, 0.29) is 19.3 Å². The molecular formula is C7H15O3. The summed E-state index contributed by atoms with van der Waals surface area (Å²) in [6, 6.07) is 0. The summed E-state index contributed by atoms with van der Waals surface area (Å²) in [5.74, 6) is 0. The van der Waals surface area contributed by atoms with Crippen LogP contribution in [0.3, 0.4) is 0 Å². The Labute approximate surface area is 61.6 Å². The molecule has 10 heavy (non-hydrogen) atoms. The molecule has 0 saturated carbocycles. The molecule has 2 unspecified atom stereocenters. The molecule has 0 heterocycles. The van der Waals surface area contributed by atoms with E-state index in [1.807, 2.05) is 0 Å². The minimum absolute atomic E-state index is 0.0274. The van der Waals surface area contributed by atoms with E-state index in [9.17, 15) is 5.11 Å². The Hall–Kier alpha value is -0.120. The lowest BCUT2D eigenvalue weighted by Crippen LogP contribution is -2.36. The summed E-state index contributed by atoms with van der Waals surface area (Å²) in [6.45, 7) is 6.96. The monoisotopic (exact) mass is 147 g/mol. The molecule has 1 radical (unpaired) electrons. The van der Waals surface area contributed by atoms with Gasteiger partial charge in [-0.1, -0.05) is 0 Å². The molecule has 3 nitrogen and oxygen atoms in total. The van der Waals surface area contributed by atoms with Crippen molar-refractivity contribution in [1.29, 1.82) is 0 Å². The van der Waals surface area contributed by atoms with Crippen molar-refractivity contribution in [3.05, 3.63) is 6.92 Å². The van der Waals surface area contributed by atoms with Crippen molar-refractivity contribution in [1.82, 2.24) is 0 Å². The lowest BCUT2D eigenvalue weighted by Gasteiger charge is -2.25. The third-order valence-electron chi connectivity index (χ3n) is 1.33. The van der Waals surface area contributed by atoms with Crippen molar-refractivity contribution in [3.63, 3.8) is 0 Å². The fraction of sp³-hybridized carbons (Fsp3) is 0.857. The van der Waals surface area contributed by atoms with Gasteiger partial charge >= 0.3 is 0 Å². The Kier molecular flexibility index (Phi) is 3.86. The third-order valence-corrected chi connectivity index (χ3v) is 1.33. The molecule has 0 spiro atoms. The Morgan fingerprint density at radius 3 is 2.50 bits per heavy atom. The van der Waals surface area contributed by atoms with Crippen LogP contribution in [0.15, 0.2) is 0 Å². The molecule has 3 heteroatoms. The lowest BCUT2D eigenvalue weighted by atomic mass is 10.0. The van der Waals surface area contributed by atoms with Gasteiger partial charge in [0.2, 0.25) is 0 Å². The number of hydrogen-bond acceptors (Lipinski definition) is 3. The summed E-state index contributed by atoms with van der Waals surface area (Å²) in [5.41, 5.74) is -1.07. The van der Waals surface area contributed by atoms with Crippen molar-refractivity contribution in [2.45, 2.75) is 25.6 Å². The number of hydrogen-bond donors (Lipinski definition) is 2. The second-order valence-corrected chi connectivity index (χ2v) is 2.59. The molecule has 0 aromatic heterocycles. The Balaban J connectivity index is 3.52. The predicted octanol–water partition coefficient (Wildman–Crippen LogP) is -0.0311. The van der Waals surface area contributed by atoms with Gasteiger partial charge in [0.05, 0.1) is 24.9 Å². The largest absolute Gasteiger partial charge is 0.394 e. The average molecular weight is 147 g/mol. The van der Waals surface area contributed by atoms with Gasteiger partial charge in [-0.25, -0.2) is 0 Å². The maximum absolute atomic E-state index is 9.20. The summed E-state index contributed by atoms with van der Waals surface area (Å²) in [7, 11) is 0. The van der Waals surface area contributed by atoms with Crippen LogP contribution in [0.2, 0.25) is 0 Å². The summed E-state index contributed by atoms with van der Waals surface area (Å²) < 4.78 is 4.99. The second-order valence-electron chi connectivity index (χ2n) is 2.59. The first-order valence-corrected chi connectivity index (χ1v) is 3.28. The fourth-order valence-electron chi connectivity index (χ4n) is 0.409. The molecule has 0 fully saturated rings. The molecule has 2 atom stereocenters. The third kappa shape index (κ3) is 3.82. The fourth-order valence-corrected chi connectivity index (χ4v) is 0.409. The summed E-state index contributed by atoms with van der Waals surface area (Å²) in [6.07, 6.45) is -0.348. The van der Waals surface area contributed by atoms with Gasteiger partial charge in [0.1, 0.15) is 0 Å². The number of ether oxygens (including phenoxy) is 1. The molecule has 0 bridgehead atoms. The van der Waals surface area contributed by atoms with Crippen molar-refractivity contribution in [2.75, 3.05) is 13.2 Å². The van der Waals surface area contributed by atoms with Gasteiger partial charge in [-0.3, -0.25) is 0 Å². The van der Waals surface area contributed by atoms with Crippen LogP contribution in [0.1, 0.15) is 13.8 Å². The van der Waals surface area contributed by atoms with Crippen LogP contribution in [0, 0.1) is 6.92 Å². The van der Waals surface area contributed by atoms with E-state index in [4.69, 9.17) is 9.84 Å². The highest BCUT2D eigenvalue weighted by atomic mass is 16.5. The summed E-state index contributed by atoms with van der Waals surface area (Å²) in [4.78, 5) is 0. The van der Waals surface area contributed by atoms with Crippen LogP contribution in [-0.4, -0.2) is 35.1 Å².